The van der Waals surface area contributed by atoms with E-state index >= 15 is 0 Å². The summed E-state index contributed by atoms with van der Waals surface area (Å²) < 4.78 is 26.5. The lowest BCUT2D eigenvalue weighted by Gasteiger charge is -2.10. The maximum absolute atomic E-state index is 12.1. The number of sulfonamides is 1. The quantitative estimate of drug-likeness (QED) is 0.847. The van der Waals surface area contributed by atoms with Gasteiger partial charge in [-0.3, -0.25) is 4.72 Å². The number of nitrogens with one attached hydrogen (secondary N) is 1. The summed E-state index contributed by atoms with van der Waals surface area (Å²) in [6, 6.07) is 12.2. The molecule has 0 aliphatic rings. The van der Waals surface area contributed by atoms with Gasteiger partial charge in [0.15, 0.2) is 0 Å². The highest BCUT2D eigenvalue weighted by atomic mass is 35.5. The molecule has 2 N–H and O–H groups in total. The zero-order valence-corrected chi connectivity index (χ0v) is 12.3. The molecule has 21 heavy (non-hydrogen) atoms. The Bertz CT molecular complexity index is 796. The van der Waals surface area contributed by atoms with E-state index in [1.54, 1.807) is 24.3 Å². The Morgan fingerprint density at radius 1 is 1.19 bits per heavy atom. The largest absolute Gasteiger partial charge is 0.508 e. The fourth-order valence-corrected chi connectivity index (χ4v) is 3.18. The molecule has 0 bridgehead atoms. The highest BCUT2D eigenvalue weighted by Crippen LogP contribution is 2.27. The average Bonchev–Trinajstić information content (AvgIpc) is 2.42. The van der Waals surface area contributed by atoms with Crippen molar-refractivity contribution in [2.75, 3.05) is 4.72 Å². The van der Waals surface area contributed by atoms with Gasteiger partial charge in [0.25, 0.3) is 0 Å². The number of hydrogen-bond acceptors (Lipinski definition) is 4. The molecule has 0 fully saturated rings. The van der Waals surface area contributed by atoms with Crippen molar-refractivity contribution >= 4 is 27.3 Å². The van der Waals surface area contributed by atoms with E-state index in [1.165, 1.54) is 18.2 Å². The van der Waals surface area contributed by atoms with E-state index in [2.05, 4.69) is 4.72 Å². The molecule has 0 radical (unpaired) electrons. The van der Waals surface area contributed by atoms with Crippen molar-refractivity contribution in [1.82, 2.24) is 0 Å². The molecule has 2 aromatic carbocycles. The monoisotopic (exact) mass is 322 g/mol. The van der Waals surface area contributed by atoms with Crippen LogP contribution >= 0.6 is 11.6 Å². The number of halogens is 1. The summed E-state index contributed by atoms with van der Waals surface area (Å²) in [6.45, 7) is 0. The number of aromatic hydroxyl groups is 1. The van der Waals surface area contributed by atoms with Crippen molar-refractivity contribution in [2.24, 2.45) is 0 Å². The first-order valence-corrected chi connectivity index (χ1v) is 7.91. The lowest BCUT2D eigenvalue weighted by Crippen LogP contribution is -2.15. The lowest BCUT2D eigenvalue weighted by molar-refractivity contribution is 0.475. The first kappa shape index (κ1) is 15.2. The lowest BCUT2D eigenvalue weighted by atomic mass is 10.2. The number of benzene rings is 2. The third kappa shape index (κ3) is 4.12. The van der Waals surface area contributed by atoms with Gasteiger partial charge in [0.05, 0.1) is 28.1 Å². The third-order valence-corrected chi connectivity index (χ3v) is 4.21. The molecular formula is C14H11ClN2O3S. The maximum Gasteiger partial charge on any atom is 0.236 e. The second kappa shape index (κ2) is 6.04. The summed E-state index contributed by atoms with van der Waals surface area (Å²) >= 11 is 5.86. The normalized spacial score (nSPS) is 10.9. The van der Waals surface area contributed by atoms with E-state index in [4.69, 9.17) is 16.9 Å². The van der Waals surface area contributed by atoms with Crippen molar-refractivity contribution in [3.63, 3.8) is 0 Å². The standard InChI is InChI=1S/C14H11ClN2O3S/c15-13-7-12(18)5-6-14(13)17-21(19,20)9-11-3-1-10(8-16)2-4-11/h1-7,17-18H,9H2. The van der Waals surface area contributed by atoms with Gasteiger partial charge in [-0.1, -0.05) is 23.7 Å². The second-order valence-corrected chi connectivity index (χ2v) is 6.46. The van der Waals surface area contributed by atoms with Crippen LogP contribution in [-0.4, -0.2) is 13.5 Å². The molecule has 0 saturated carbocycles. The highest BCUT2D eigenvalue weighted by molar-refractivity contribution is 7.91. The van der Waals surface area contributed by atoms with Crippen LogP contribution in [-0.2, 0) is 15.8 Å². The van der Waals surface area contributed by atoms with E-state index in [-0.39, 0.29) is 22.2 Å². The smallest absolute Gasteiger partial charge is 0.236 e. The molecule has 108 valence electrons. The highest BCUT2D eigenvalue weighted by Gasteiger charge is 2.14. The molecule has 0 saturated heterocycles. The van der Waals surface area contributed by atoms with E-state index in [9.17, 15) is 13.5 Å². The Hall–Kier alpha value is -2.23. The molecule has 0 aliphatic heterocycles. The summed E-state index contributed by atoms with van der Waals surface area (Å²) in [5.41, 5.74) is 1.21. The second-order valence-electron chi connectivity index (χ2n) is 4.33. The molecule has 0 aromatic heterocycles. The number of rotatable bonds is 4. The first-order valence-electron chi connectivity index (χ1n) is 5.88. The molecule has 2 aromatic rings. The number of nitriles is 1. The van der Waals surface area contributed by atoms with Gasteiger partial charge in [-0.25, -0.2) is 8.42 Å². The van der Waals surface area contributed by atoms with Crippen LogP contribution in [0.2, 0.25) is 5.02 Å². The van der Waals surface area contributed by atoms with E-state index < -0.39 is 10.0 Å². The predicted molar refractivity (Wildman–Crippen MR) is 80.5 cm³/mol. The Kier molecular flexibility index (Phi) is 4.36. The molecule has 0 unspecified atom stereocenters. The van der Waals surface area contributed by atoms with Crippen molar-refractivity contribution in [3.05, 3.63) is 58.6 Å². The minimum absolute atomic E-state index is 0.0463. The third-order valence-electron chi connectivity index (χ3n) is 2.66. The molecule has 0 aliphatic carbocycles. The van der Waals surface area contributed by atoms with Crippen LogP contribution in [0.3, 0.4) is 0 Å². The Balaban J connectivity index is 2.16. The van der Waals surface area contributed by atoms with Crippen molar-refractivity contribution in [2.45, 2.75) is 5.75 Å². The topological polar surface area (TPSA) is 90.2 Å². The molecule has 0 heterocycles. The van der Waals surface area contributed by atoms with Gasteiger partial charge in [-0.15, -0.1) is 0 Å². The zero-order chi connectivity index (χ0) is 15.5. The van der Waals surface area contributed by atoms with Crippen LogP contribution in [0, 0.1) is 11.3 Å². The van der Waals surface area contributed by atoms with Gasteiger partial charge < -0.3 is 5.11 Å². The van der Waals surface area contributed by atoms with E-state index in [1.807, 2.05) is 6.07 Å². The van der Waals surface area contributed by atoms with Crippen molar-refractivity contribution in [1.29, 1.82) is 5.26 Å². The zero-order valence-electron chi connectivity index (χ0n) is 10.7. The average molecular weight is 323 g/mol. The van der Waals surface area contributed by atoms with Crippen LogP contribution < -0.4 is 4.72 Å². The number of hydrogen-bond donors (Lipinski definition) is 2. The Morgan fingerprint density at radius 3 is 2.43 bits per heavy atom. The van der Waals surface area contributed by atoms with Crippen LogP contribution in [0.15, 0.2) is 42.5 Å². The molecule has 0 atom stereocenters. The fraction of sp³-hybridized carbons (Fsp3) is 0.0714. The minimum atomic E-state index is -3.64. The van der Waals surface area contributed by atoms with Gasteiger partial charge in [0, 0.05) is 6.07 Å². The molecule has 7 heteroatoms. The molecule has 0 amide bonds. The SMILES string of the molecule is N#Cc1ccc(CS(=O)(=O)Nc2ccc(O)cc2Cl)cc1. The predicted octanol–water partition coefficient (Wildman–Crippen LogP) is 2.86. The van der Waals surface area contributed by atoms with Gasteiger partial charge in [-0.2, -0.15) is 5.26 Å². The van der Waals surface area contributed by atoms with Crippen LogP contribution in [0.4, 0.5) is 5.69 Å². The Labute approximate surface area is 127 Å². The van der Waals surface area contributed by atoms with Gasteiger partial charge >= 0.3 is 0 Å². The molecule has 2 rings (SSSR count). The van der Waals surface area contributed by atoms with Gasteiger partial charge in [0.1, 0.15) is 5.75 Å². The van der Waals surface area contributed by atoms with Gasteiger partial charge in [-0.05, 0) is 29.8 Å². The van der Waals surface area contributed by atoms with Crippen molar-refractivity contribution < 1.29 is 13.5 Å². The number of phenolic OH excluding ortho intramolecular Hbond substituents is 1. The summed E-state index contributed by atoms with van der Waals surface area (Å²) in [6.07, 6.45) is 0. The maximum atomic E-state index is 12.1. The van der Waals surface area contributed by atoms with E-state index in [0.717, 1.165) is 0 Å². The molecular weight excluding hydrogens is 312 g/mol. The summed E-state index contributed by atoms with van der Waals surface area (Å²) in [5, 5.41) is 18.0. The first-order chi connectivity index (χ1) is 9.89. The van der Waals surface area contributed by atoms with Gasteiger partial charge in [0.2, 0.25) is 10.0 Å². The summed E-state index contributed by atoms with van der Waals surface area (Å²) in [7, 11) is -3.64. The summed E-state index contributed by atoms with van der Waals surface area (Å²) in [5.74, 6) is -0.286. The van der Waals surface area contributed by atoms with Crippen LogP contribution in [0.5, 0.6) is 5.75 Å². The van der Waals surface area contributed by atoms with E-state index in [0.29, 0.717) is 11.1 Å². The van der Waals surface area contributed by atoms with Crippen LogP contribution in [0.25, 0.3) is 0 Å². The van der Waals surface area contributed by atoms with Crippen molar-refractivity contribution in [3.8, 4) is 11.8 Å². The molecule has 0 spiro atoms. The minimum Gasteiger partial charge on any atom is -0.508 e. The number of nitrogens with zero attached hydrogens (tertiary/aromatic N) is 1. The van der Waals surface area contributed by atoms with Crippen LogP contribution in [0.1, 0.15) is 11.1 Å². The Morgan fingerprint density at radius 2 is 1.86 bits per heavy atom. The number of anilines is 1. The summed E-state index contributed by atoms with van der Waals surface area (Å²) in [4.78, 5) is 0. The number of phenols is 1. The molecule has 5 nitrogen and oxygen atoms in total. The fourth-order valence-electron chi connectivity index (χ4n) is 1.69.